The Bertz CT molecular complexity index is 924. The predicted octanol–water partition coefficient (Wildman–Crippen LogP) is 3.64. The second kappa shape index (κ2) is 9.49. The fourth-order valence-corrected chi connectivity index (χ4v) is 4.33. The summed E-state index contributed by atoms with van der Waals surface area (Å²) in [5, 5.41) is 3.51. The number of carbonyl (C=O) groups is 1. The van der Waals surface area contributed by atoms with Crippen molar-refractivity contribution in [2.24, 2.45) is 0 Å². The van der Waals surface area contributed by atoms with Gasteiger partial charge in [-0.3, -0.25) is 4.79 Å². The third kappa shape index (κ3) is 5.06. The van der Waals surface area contributed by atoms with Crippen molar-refractivity contribution in [3.8, 4) is 5.75 Å². The van der Waals surface area contributed by atoms with E-state index in [1.165, 1.54) is 51.3 Å². The molecular weight excluding hydrogens is 397 g/mol. The molecular formula is C23H30FN5O2. The molecule has 2 aliphatic rings. The van der Waals surface area contributed by atoms with Crippen molar-refractivity contribution in [2.45, 2.75) is 45.1 Å². The van der Waals surface area contributed by atoms with Crippen molar-refractivity contribution < 1.29 is 13.9 Å². The molecule has 2 aromatic rings. The van der Waals surface area contributed by atoms with Crippen LogP contribution in [-0.2, 0) is 0 Å². The second-order valence-electron chi connectivity index (χ2n) is 8.30. The molecule has 1 aliphatic carbocycles. The molecule has 1 saturated carbocycles. The van der Waals surface area contributed by atoms with Crippen molar-refractivity contribution in [2.75, 3.05) is 43.5 Å². The molecule has 0 unspecified atom stereocenters. The van der Waals surface area contributed by atoms with Crippen LogP contribution in [0.1, 0.15) is 48.2 Å². The van der Waals surface area contributed by atoms with Crippen molar-refractivity contribution in [3.05, 3.63) is 41.3 Å². The van der Waals surface area contributed by atoms with Gasteiger partial charge in [-0.2, -0.15) is 4.98 Å². The first-order valence-corrected chi connectivity index (χ1v) is 11.0. The van der Waals surface area contributed by atoms with Gasteiger partial charge in [-0.1, -0.05) is 19.3 Å². The van der Waals surface area contributed by atoms with Crippen molar-refractivity contribution in [1.82, 2.24) is 14.9 Å². The normalized spacial score (nSPS) is 17.5. The lowest BCUT2D eigenvalue weighted by Gasteiger charge is -2.35. The summed E-state index contributed by atoms with van der Waals surface area (Å²) in [5.41, 5.74) is 1.26. The molecule has 1 N–H and O–H groups in total. The molecule has 1 aromatic heterocycles. The number of halogens is 1. The number of hydrogen-bond donors (Lipinski definition) is 1. The first kappa shape index (κ1) is 21.3. The van der Waals surface area contributed by atoms with Gasteiger partial charge in [0.15, 0.2) is 11.6 Å². The number of nitrogens with zero attached hydrogens (tertiary/aromatic N) is 4. The minimum atomic E-state index is -0.526. The highest BCUT2D eigenvalue weighted by atomic mass is 19.1. The van der Waals surface area contributed by atoms with E-state index < -0.39 is 5.82 Å². The molecule has 8 heteroatoms. The monoisotopic (exact) mass is 427 g/mol. The van der Waals surface area contributed by atoms with Crippen LogP contribution in [0.4, 0.5) is 16.2 Å². The highest BCUT2D eigenvalue weighted by Gasteiger charge is 2.24. The van der Waals surface area contributed by atoms with Crippen molar-refractivity contribution in [1.29, 1.82) is 0 Å². The molecule has 0 spiro atoms. The topological polar surface area (TPSA) is 70.6 Å². The van der Waals surface area contributed by atoms with E-state index in [-0.39, 0.29) is 11.7 Å². The summed E-state index contributed by atoms with van der Waals surface area (Å²) in [7, 11) is 1.41. The molecule has 166 valence electrons. The van der Waals surface area contributed by atoms with E-state index in [1.807, 2.05) is 13.0 Å². The lowest BCUT2D eigenvalue weighted by molar-refractivity contribution is 0.0746. The van der Waals surface area contributed by atoms with Gasteiger partial charge in [-0.15, -0.1) is 0 Å². The number of aryl methyl sites for hydroxylation is 1. The first-order valence-electron chi connectivity index (χ1n) is 11.0. The van der Waals surface area contributed by atoms with Crippen LogP contribution in [0.3, 0.4) is 0 Å². The average molecular weight is 428 g/mol. The third-order valence-electron chi connectivity index (χ3n) is 6.07. The van der Waals surface area contributed by atoms with Gasteiger partial charge in [0, 0.05) is 49.5 Å². The number of piperazine rings is 1. The fourth-order valence-electron chi connectivity index (χ4n) is 4.33. The van der Waals surface area contributed by atoms with Gasteiger partial charge >= 0.3 is 0 Å². The Balaban J connectivity index is 1.39. The molecule has 31 heavy (non-hydrogen) atoms. The number of anilines is 2. The number of aromatic nitrogens is 2. The zero-order valence-electron chi connectivity index (χ0n) is 18.2. The molecule has 0 radical (unpaired) electrons. The molecule has 1 amide bonds. The Morgan fingerprint density at radius 2 is 1.84 bits per heavy atom. The molecule has 4 rings (SSSR count). The van der Waals surface area contributed by atoms with Gasteiger partial charge in [-0.05, 0) is 38.0 Å². The number of methoxy groups -OCH3 is 1. The number of rotatable bonds is 5. The summed E-state index contributed by atoms with van der Waals surface area (Å²) in [6.07, 6.45) is 6.15. The predicted molar refractivity (Wildman–Crippen MR) is 118 cm³/mol. The van der Waals surface area contributed by atoms with E-state index in [0.717, 1.165) is 11.5 Å². The molecule has 1 aromatic carbocycles. The van der Waals surface area contributed by atoms with Gasteiger partial charge in [0.25, 0.3) is 5.91 Å². The summed E-state index contributed by atoms with van der Waals surface area (Å²) in [6, 6.07) is 6.77. The lowest BCUT2D eigenvalue weighted by Crippen LogP contribution is -2.49. The molecule has 2 heterocycles. The van der Waals surface area contributed by atoms with Crippen molar-refractivity contribution >= 4 is 17.7 Å². The number of benzene rings is 1. The van der Waals surface area contributed by atoms with Gasteiger partial charge in [0.1, 0.15) is 5.82 Å². The second-order valence-corrected chi connectivity index (χ2v) is 8.30. The summed E-state index contributed by atoms with van der Waals surface area (Å²) in [6.45, 7) is 4.43. The number of nitrogens with one attached hydrogen (secondary N) is 1. The molecule has 1 aliphatic heterocycles. The Morgan fingerprint density at radius 3 is 2.52 bits per heavy atom. The minimum absolute atomic E-state index is 0.137. The fraction of sp³-hybridized carbons (Fsp3) is 0.522. The average Bonchev–Trinajstić information content (AvgIpc) is 2.79. The van der Waals surface area contributed by atoms with Crippen LogP contribution in [-0.4, -0.2) is 60.1 Å². The van der Waals surface area contributed by atoms with E-state index in [0.29, 0.717) is 43.7 Å². The molecule has 7 nitrogen and oxygen atoms in total. The Labute approximate surface area is 182 Å². The number of hydrogen-bond acceptors (Lipinski definition) is 6. The first-order chi connectivity index (χ1) is 15.0. The minimum Gasteiger partial charge on any atom is -0.494 e. The quantitative estimate of drug-likeness (QED) is 0.786. The Hall–Kier alpha value is -2.90. The smallest absolute Gasteiger partial charge is 0.254 e. The molecule has 0 bridgehead atoms. The maximum Gasteiger partial charge on any atom is 0.254 e. The summed E-state index contributed by atoms with van der Waals surface area (Å²) in [4.78, 5) is 26.0. The van der Waals surface area contributed by atoms with E-state index in [4.69, 9.17) is 9.72 Å². The van der Waals surface area contributed by atoms with E-state index in [9.17, 15) is 9.18 Å². The SMILES string of the molecule is COc1ccc(C(=O)N2CCN(c3cc(C)nc(NC4CCCCC4)n3)CC2)cc1F. The standard InChI is InChI=1S/C23H30FN5O2/c1-16-14-21(27-23(25-16)26-18-6-4-3-5-7-18)28-10-12-29(13-11-28)22(30)17-8-9-20(31-2)19(24)15-17/h8-9,14-15,18H,3-7,10-13H2,1-2H3,(H,25,26,27). The zero-order chi connectivity index (χ0) is 21.8. The van der Waals surface area contributed by atoms with Crippen LogP contribution in [0.15, 0.2) is 24.3 Å². The summed E-state index contributed by atoms with van der Waals surface area (Å²) in [5.74, 6) is 1.02. The van der Waals surface area contributed by atoms with Gasteiger partial charge < -0.3 is 19.9 Å². The van der Waals surface area contributed by atoms with Crippen LogP contribution in [0.2, 0.25) is 0 Å². The Morgan fingerprint density at radius 1 is 1.10 bits per heavy atom. The van der Waals surface area contributed by atoms with Gasteiger partial charge in [-0.25, -0.2) is 9.37 Å². The summed E-state index contributed by atoms with van der Waals surface area (Å²) >= 11 is 0. The third-order valence-corrected chi connectivity index (χ3v) is 6.07. The highest BCUT2D eigenvalue weighted by Crippen LogP contribution is 2.23. The number of amides is 1. The summed E-state index contributed by atoms with van der Waals surface area (Å²) < 4.78 is 18.9. The van der Waals surface area contributed by atoms with Crippen LogP contribution < -0.4 is 15.0 Å². The number of ether oxygens (including phenoxy) is 1. The Kier molecular flexibility index (Phi) is 6.53. The highest BCUT2D eigenvalue weighted by molar-refractivity contribution is 5.94. The van der Waals surface area contributed by atoms with Crippen LogP contribution in [0, 0.1) is 12.7 Å². The van der Waals surface area contributed by atoms with Gasteiger partial charge in [0.2, 0.25) is 5.95 Å². The molecule has 0 atom stereocenters. The zero-order valence-corrected chi connectivity index (χ0v) is 18.2. The van der Waals surface area contributed by atoms with Crippen molar-refractivity contribution in [3.63, 3.8) is 0 Å². The van der Waals surface area contributed by atoms with E-state index >= 15 is 0 Å². The maximum atomic E-state index is 14.0. The van der Waals surface area contributed by atoms with E-state index in [2.05, 4.69) is 15.2 Å². The molecule has 2 fully saturated rings. The van der Waals surface area contributed by atoms with Gasteiger partial charge in [0.05, 0.1) is 7.11 Å². The largest absolute Gasteiger partial charge is 0.494 e. The lowest BCUT2D eigenvalue weighted by atomic mass is 9.96. The number of carbonyl (C=O) groups excluding carboxylic acids is 1. The van der Waals surface area contributed by atoms with Crippen LogP contribution in [0.25, 0.3) is 0 Å². The van der Waals surface area contributed by atoms with Crippen LogP contribution in [0.5, 0.6) is 5.75 Å². The molecule has 1 saturated heterocycles. The van der Waals surface area contributed by atoms with E-state index in [1.54, 1.807) is 11.0 Å². The maximum absolute atomic E-state index is 14.0. The van der Waals surface area contributed by atoms with Crippen LogP contribution >= 0.6 is 0 Å².